The standard InChI is InChI=1S/C13H24N2O3/c1-6-7-11(16)14-10(5)13(18)15-9(4)12(17)8(2)3/h8-10H,6-7H2,1-5H3,(H,14,16)(H,15,18)/t9-,10-/m0/s1. The van der Waals surface area contributed by atoms with Crippen LogP contribution in [0, 0.1) is 5.92 Å². The van der Waals surface area contributed by atoms with E-state index in [4.69, 9.17) is 0 Å². The first-order valence-corrected chi connectivity index (χ1v) is 6.43. The summed E-state index contributed by atoms with van der Waals surface area (Å²) >= 11 is 0. The zero-order valence-electron chi connectivity index (χ0n) is 11.9. The lowest BCUT2D eigenvalue weighted by Crippen LogP contribution is -2.50. The molecule has 0 rings (SSSR count). The van der Waals surface area contributed by atoms with Crippen LogP contribution in [0.2, 0.25) is 0 Å². The lowest BCUT2D eigenvalue weighted by Gasteiger charge is -2.19. The summed E-state index contributed by atoms with van der Waals surface area (Å²) in [4.78, 5) is 34.7. The van der Waals surface area contributed by atoms with E-state index in [0.717, 1.165) is 6.42 Å². The lowest BCUT2D eigenvalue weighted by atomic mass is 10.0. The molecule has 0 spiro atoms. The van der Waals surface area contributed by atoms with Crippen LogP contribution in [0.3, 0.4) is 0 Å². The Hall–Kier alpha value is -1.39. The summed E-state index contributed by atoms with van der Waals surface area (Å²) in [5, 5.41) is 5.20. The van der Waals surface area contributed by atoms with Gasteiger partial charge < -0.3 is 10.6 Å². The summed E-state index contributed by atoms with van der Waals surface area (Å²) in [6.45, 7) is 8.73. The fraction of sp³-hybridized carbons (Fsp3) is 0.769. The first-order valence-electron chi connectivity index (χ1n) is 6.43. The summed E-state index contributed by atoms with van der Waals surface area (Å²) in [6, 6.07) is -1.14. The zero-order valence-corrected chi connectivity index (χ0v) is 11.9. The van der Waals surface area contributed by atoms with E-state index < -0.39 is 12.1 Å². The molecule has 0 aromatic rings. The van der Waals surface area contributed by atoms with Gasteiger partial charge in [-0.25, -0.2) is 0 Å². The number of Topliss-reactive ketones (excluding diaryl/α,β-unsaturated/α-hetero) is 1. The number of carbonyl (C=O) groups excluding carboxylic acids is 3. The second-order valence-corrected chi connectivity index (χ2v) is 4.83. The third kappa shape index (κ3) is 5.80. The first kappa shape index (κ1) is 16.6. The molecule has 2 N–H and O–H groups in total. The van der Waals surface area contributed by atoms with E-state index in [-0.39, 0.29) is 23.5 Å². The minimum atomic E-state index is -0.619. The number of ketones is 1. The Morgan fingerprint density at radius 3 is 1.94 bits per heavy atom. The molecule has 0 bridgehead atoms. The van der Waals surface area contributed by atoms with Crippen molar-refractivity contribution in [2.75, 3.05) is 0 Å². The maximum Gasteiger partial charge on any atom is 0.242 e. The summed E-state index contributed by atoms with van der Waals surface area (Å²) in [5.74, 6) is -0.621. The van der Waals surface area contributed by atoms with Crippen molar-refractivity contribution in [2.24, 2.45) is 5.92 Å². The van der Waals surface area contributed by atoms with Crippen molar-refractivity contribution in [3.05, 3.63) is 0 Å². The Morgan fingerprint density at radius 1 is 0.944 bits per heavy atom. The molecule has 0 fully saturated rings. The van der Waals surface area contributed by atoms with Gasteiger partial charge in [-0.05, 0) is 20.3 Å². The zero-order chi connectivity index (χ0) is 14.3. The van der Waals surface area contributed by atoms with E-state index in [0.29, 0.717) is 6.42 Å². The highest BCUT2D eigenvalue weighted by Crippen LogP contribution is 1.99. The first-order chi connectivity index (χ1) is 8.29. The quantitative estimate of drug-likeness (QED) is 0.714. The molecule has 0 unspecified atom stereocenters. The van der Waals surface area contributed by atoms with Crippen LogP contribution in [-0.4, -0.2) is 29.7 Å². The van der Waals surface area contributed by atoms with Crippen molar-refractivity contribution < 1.29 is 14.4 Å². The second-order valence-electron chi connectivity index (χ2n) is 4.83. The van der Waals surface area contributed by atoms with Crippen LogP contribution in [0.25, 0.3) is 0 Å². The Kier molecular flexibility index (Phi) is 7.24. The monoisotopic (exact) mass is 256 g/mol. The average Bonchev–Trinajstić information content (AvgIpc) is 2.27. The molecule has 5 nitrogen and oxygen atoms in total. The van der Waals surface area contributed by atoms with Crippen LogP contribution >= 0.6 is 0 Å². The van der Waals surface area contributed by atoms with Gasteiger partial charge in [0.25, 0.3) is 0 Å². The van der Waals surface area contributed by atoms with Crippen molar-refractivity contribution in [2.45, 2.75) is 59.5 Å². The van der Waals surface area contributed by atoms with Gasteiger partial charge in [0.05, 0.1) is 6.04 Å². The topological polar surface area (TPSA) is 75.3 Å². The minimum absolute atomic E-state index is 0.0181. The number of hydrogen-bond donors (Lipinski definition) is 2. The number of carbonyl (C=O) groups is 3. The third-order valence-corrected chi connectivity index (χ3v) is 2.60. The lowest BCUT2D eigenvalue weighted by molar-refractivity contribution is -0.131. The van der Waals surface area contributed by atoms with Crippen molar-refractivity contribution >= 4 is 17.6 Å². The van der Waals surface area contributed by atoms with Crippen LogP contribution in [0.4, 0.5) is 0 Å². The van der Waals surface area contributed by atoms with Crippen LogP contribution < -0.4 is 10.6 Å². The van der Waals surface area contributed by atoms with Crippen molar-refractivity contribution in [3.63, 3.8) is 0 Å². The Bertz CT molecular complexity index is 313. The van der Waals surface area contributed by atoms with E-state index in [9.17, 15) is 14.4 Å². The number of amides is 2. The predicted molar refractivity (Wildman–Crippen MR) is 70.0 cm³/mol. The van der Waals surface area contributed by atoms with Gasteiger partial charge in [-0.2, -0.15) is 0 Å². The highest BCUT2D eigenvalue weighted by Gasteiger charge is 2.22. The smallest absolute Gasteiger partial charge is 0.242 e. The Balaban J connectivity index is 4.23. The molecule has 18 heavy (non-hydrogen) atoms. The van der Waals surface area contributed by atoms with E-state index >= 15 is 0 Å². The van der Waals surface area contributed by atoms with Gasteiger partial charge in [-0.15, -0.1) is 0 Å². The summed E-state index contributed by atoms with van der Waals surface area (Å²) in [6.07, 6.45) is 1.14. The van der Waals surface area contributed by atoms with Crippen molar-refractivity contribution in [1.29, 1.82) is 0 Å². The van der Waals surface area contributed by atoms with E-state index in [1.54, 1.807) is 27.7 Å². The molecule has 0 aliphatic carbocycles. The Morgan fingerprint density at radius 2 is 1.50 bits per heavy atom. The predicted octanol–water partition coefficient (Wildman–Crippen LogP) is 1.02. The van der Waals surface area contributed by atoms with Crippen LogP contribution in [0.1, 0.15) is 47.5 Å². The summed E-state index contributed by atoms with van der Waals surface area (Å²) < 4.78 is 0. The van der Waals surface area contributed by atoms with Gasteiger partial charge in [0, 0.05) is 12.3 Å². The van der Waals surface area contributed by atoms with Crippen molar-refractivity contribution in [3.8, 4) is 0 Å². The van der Waals surface area contributed by atoms with Crippen LogP contribution in [-0.2, 0) is 14.4 Å². The number of rotatable bonds is 7. The van der Waals surface area contributed by atoms with Gasteiger partial charge in [-0.1, -0.05) is 20.8 Å². The molecule has 0 aliphatic rings. The molecular formula is C13H24N2O3. The molecule has 0 aromatic carbocycles. The van der Waals surface area contributed by atoms with E-state index in [1.807, 2.05) is 6.92 Å². The molecule has 0 aliphatic heterocycles. The Labute approximate surface area is 109 Å². The average molecular weight is 256 g/mol. The van der Waals surface area contributed by atoms with E-state index in [2.05, 4.69) is 10.6 Å². The van der Waals surface area contributed by atoms with Gasteiger partial charge in [0.1, 0.15) is 6.04 Å². The second kappa shape index (κ2) is 7.84. The molecule has 0 aromatic heterocycles. The van der Waals surface area contributed by atoms with Crippen molar-refractivity contribution in [1.82, 2.24) is 10.6 Å². The largest absolute Gasteiger partial charge is 0.345 e. The maximum absolute atomic E-state index is 11.7. The van der Waals surface area contributed by atoms with Gasteiger partial charge in [0.15, 0.2) is 5.78 Å². The molecular weight excluding hydrogens is 232 g/mol. The summed E-state index contributed by atoms with van der Waals surface area (Å²) in [7, 11) is 0. The molecule has 2 amide bonds. The molecule has 0 saturated carbocycles. The number of nitrogens with one attached hydrogen (secondary N) is 2. The van der Waals surface area contributed by atoms with Gasteiger partial charge in [0.2, 0.25) is 11.8 Å². The molecule has 104 valence electrons. The SMILES string of the molecule is CCCC(=O)N[C@@H](C)C(=O)N[C@@H](C)C(=O)C(C)C. The third-order valence-electron chi connectivity index (χ3n) is 2.60. The highest BCUT2D eigenvalue weighted by molar-refractivity contribution is 5.92. The molecule has 0 radical (unpaired) electrons. The van der Waals surface area contributed by atoms with Crippen LogP contribution in [0.15, 0.2) is 0 Å². The van der Waals surface area contributed by atoms with Gasteiger partial charge >= 0.3 is 0 Å². The normalized spacial score (nSPS) is 13.9. The molecule has 5 heteroatoms. The van der Waals surface area contributed by atoms with Crippen LogP contribution in [0.5, 0.6) is 0 Å². The van der Waals surface area contributed by atoms with Gasteiger partial charge in [-0.3, -0.25) is 14.4 Å². The minimum Gasteiger partial charge on any atom is -0.345 e. The fourth-order valence-electron chi connectivity index (χ4n) is 1.52. The fourth-order valence-corrected chi connectivity index (χ4v) is 1.52. The molecule has 2 atom stereocenters. The highest BCUT2D eigenvalue weighted by atomic mass is 16.2. The maximum atomic E-state index is 11.7. The molecule has 0 saturated heterocycles. The van der Waals surface area contributed by atoms with E-state index in [1.165, 1.54) is 0 Å². The molecule has 0 heterocycles. The summed E-state index contributed by atoms with van der Waals surface area (Å²) in [5.41, 5.74) is 0. The number of hydrogen-bond acceptors (Lipinski definition) is 3.